The van der Waals surface area contributed by atoms with Crippen molar-refractivity contribution in [2.45, 2.75) is 13.1 Å². The number of thiazole rings is 1. The average Bonchev–Trinajstić information content (AvgIpc) is 3.48. The normalized spacial score (nSPS) is 10.9. The van der Waals surface area contributed by atoms with E-state index in [-0.39, 0.29) is 18.3 Å². The number of rotatable bonds is 7. The van der Waals surface area contributed by atoms with E-state index in [1.807, 2.05) is 47.0 Å². The molecule has 2 N–H and O–H groups in total. The minimum Gasteiger partial charge on any atom is -0.356 e. The lowest BCUT2D eigenvalue weighted by atomic mass is 10.2. The third-order valence-electron chi connectivity index (χ3n) is 5.00. The summed E-state index contributed by atoms with van der Waals surface area (Å²) in [7, 11) is 0. The third kappa shape index (κ3) is 4.58. The predicted molar refractivity (Wildman–Crippen MR) is 125 cm³/mol. The fourth-order valence-corrected chi connectivity index (χ4v) is 4.17. The maximum absolute atomic E-state index is 13.1. The number of carbonyl (C=O) groups excluding carboxylic acids is 1. The standard InChI is InChI=1S/C24H19FN6OS/c25-17-9-7-16(8-10-17)13-27-23(32)21-19-6-2-4-12-31(19)22(30-21)20-15-29-24(33-20)28-14-18-5-1-3-11-26-18/h1-12,15H,13-14H2,(H,27,32)(H,28,29). The van der Waals surface area contributed by atoms with E-state index in [1.165, 1.54) is 23.5 Å². The van der Waals surface area contributed by atoms with Crippen molar-refractivity contribution < 1.29 is 9.18 Å². The summed E-state index contributed by atoms with van der Waals surface area (Å²) in [6, 6.07) is 17.4. The Morgan fingerprint density at radius 3 is 2.67 bits per heavy atom. The number of halogens is 1. The zero-order valence-electron chi connectivity index (χ0n) is 17.4. The average molecular weight is 459 g/mol. The number of carbonyl (C=O) groups is 1. The molecule has 0 atom stereocenters. The Balaban J connectivity index is 1.37. The van der Waals surface area contributed by atoms with Crippen molar-refractivity contribution in [3.8, 4) is 10.7 Å². The van der Waals surface area contributed by atoms with E-state index >= 15 is 0 Å². The number of hydrogen-bond acceptors (Lipinski definition) is 6. The number of benzene rings is 1. The zero-order valence-corrected chi connectivity index (χ0v) is 18.2. The van der Waals surface area contributed by atoms with Gasteiger partial charge in [-0.05, 0) is 42.0 Å². The van der Waals surface area contributed by atoms with Crippen LogP contribution in [0.4, 0.5) is 9.52 Å². The Kier molecular flexibility index (Phi) is 5.77. The van der Waals surface area contributed by atoms with Crippen LogP contribution in [0.5, 0.6) is 0 Å². The van der Waals surface area contributed by atoms with Crippen LogP contribution in [0.2, 0.25) is 0 Å². The number of fused-ring (bicyclic) bond motifs is 1. The topological polar surface area (TPSA) is 84.2 Å². The number of hydrogen-bond donors (Lipinski definition) is 2. The molecule has 0 aliphatic carbocycles. The number of amides is 1. The van der Waals surface area contributed by atoms with Crippen LogP contribution in [-0.2, 0) is 13.1 Å². The molecule has 4 heterocycles. The molecule has 4 aromatic heterocycles. The van der Waals surface area contributed by atoms with Gasteiger partial charge in [-0.2, -0.15) is 0 Å². The molecule has 5 aromatic rings. The van der Waals surface area contributed by atoms with Crippen molar-refractivity contribution in [3.63, 3.8) is 0 Å². The molecular weight excluding hydrogens is 439 g/mol. The van der Waals surface area contributed by atoms with Crippen LogP contribution < -0.4 is 10.6 Å². The summed E-state index contributed by atoms with van der Waals surface area (Å²) in [4.78, 5) is 27.1. The Bertz CT molecular complexity index is 1400. The van der Waals surface area contributed by atoms with Crippen molar-refractivity contribution in [3.05, 3.63) is 102 Å². The van der Waals surface area contributed by atoms with Crippen LogP contribution in [0.25, 0.3) is 16.2 Å². The molecular formula is C24H19FN6OS. The second-order valence-electron chi connectivity index (χ2n) is 7.25. The summed E-state index contributed by atoms with van der Waals surface area (Å²) < 4.78 is 15.0. The Labute approximate surface area is 193 Å². The van der Waals surface area contributed by atoms with Crippen LogP contribution in [-0.4, -0.2) is 25.3 Å². The first-order valence-corrected chi connectivity index (χ1v) is 11.1. The van der Waals surface area contributed by atoms with E-state index in [4.69, 9.17) is 0 Å². The lowest BCUT2D eigenvalue weighted by Gasteiger charge is -2.04. The van der Waals surface area contributed by atoms with Crippen molar-refractivity contribution in [1.29, 1.82) is 0 Å². The number of nitrogens with zero attached hydrogens (tertiary/aromatic N) is 4. The molecule has 0 aliphatic heterocycles. The van der Waals surface area contributed by atoms with Crippen LogP contribution in [0.15, 0.2) is 79.3 Å². The van der Waals surface area contributed by atoms with E-state index in [0.717, 1.165) is 21.3 Å². The van der Waals surface area contributed by atoms with E-state index in [2.05, 4.69) is 25.6 Å². The molecule has 0 unspecified atom stereocenters. The van der Waals surface area contributed by atoms with Gasteiger partial charge in [-0.3, -0.25) is 14.2 Å². The first-order valence-electron chi connectivity index (χ1n) is 10.3. The van der Waals surface area contributed by atoms with Gasteiger partial charge >= 0.3 is 0 Å². The van der Waals surface area contributed by atoms with Gasteiger partial charge in [0, 0.05) is 18.9 Å². The minimum atomic E-state index is -0.312. The summed E-state index contributed by atoms with van der Waals surface area (Å²) in [6.45, 7) is 0.843. The molecule has 33 heavy (non-hydrogen) atoms. The molecule has 5 rings (SSSR count). The largest absolute Gasteiger partial charge is 0.356 e. The molecule has 0 aliphatic rings. The van der Waals surface area contributed by atoms with Gasteiger partial charge in [0.25, 0.3) is 5.91 Å². The minimum absolute atomic E-state index is 0.280. The van der Waals surface area contributed by atoms with Gasteiger partial charge in [0.2, 0.25) is 0 Å². The molecule has 1 amide bonds. The SMILES string of the molecule is O=C(NCc1ccc(F)cc1)c1nc(-c2cnc(NCc3ccccn3)s2)n2ccccc12. The summed E-state index contributed by atoms with van der Waals surface area (Å²) in [6.07, 6.45) is 5.37. The summed E-state index contributed by atoms with van der Waals surface area (Å²) >= 11 is 1.46. The van der Waals surface area contributed by atoms with Crippen molar-refractivity contribution in [2.75, 3.05) is 5.32 Å². The predicted octanol–water partition coefficient (Wildman–Crippen LogP) is 4.53. The highest BCUT2D eigenvalue weighted by Gasteiger charge is 2.19. The number of nitrogens with one attached hydrogen (secondary N) is 2. The Morgan fingerprint density at radius 1 is 1.00 bits per heavy atom. The van der Waals surface area contributed by atoms with Gasteiger partial charge in [-0.15, -0.1) is 0 Å². The Hall–Kier alpha value is -4.11. The lowest BCUT2D eigenvalue weighted by molar-refractivity contribution is 0.0948. The van der Waals surface area contributed by atoms with Gasteiger partial charge in [0.05, 0.1) is 28.8 Å². The summed E-state index contributed by atoms with van der Waals surface area (Å²) in [5.41, 5.74) is 2.74. The number of aromatic nitrogens is 4. The van der Waals surface area contributed by atoms with Crippen LogP contribution in [0.3, 0.4) is 0 Å². The van der Waals surface area contributed by atoms with E-state index in [0.29, 0.717) is 23.6 Å². The first-order chi connectivity index (χ1) is 16.2. The fraction of sp³-hybridized carbons (Fsp3) is 0.0833. The smallest absolute Gasteiger partial charge is 0.272 e. The molecule has 0 spiro atoms. The molecule has 164 valence electrons. The van der Waals surface area contributed by atoms with Crippen molar-refractivity contribution in [1.82, 2.24) is 24.7 Å². The van der Waals surface area contributed by atoms with E-state index in [9.17, 15) is 9.18 Å². The van der Waals surface area contributed by atoms with Crippen LogP contribution in [0, 0.1) is 5.82 Å². The van der Waals surface area contributed by atoms with Crippen molar-refractivity contribution in [2.24, 2.45) is 0 Å². The molecule has 1 aromatic carbocycles. The second kappa shape index (κ2) is 9.17. The van der Waals surface area contributed by atoms with Gasteiger partial charge in [0.15, 0.2) is 16.6 Å². The van der Waals surface area contributed by atoms with E-state index in [1.54, 1.807) is 24.5 Å². The van der Waals surface area contributed by atoms with Crippen LogP contribution in [0.1, 0.15) is 21.7 Å². The lowest BCUT2D eigenvalue weighted by Crippen LogP contribution is -2.23. The van der Waals surface area contributed by atoms with Gasteiger partial charge in [-0.1, -0.05) is 35.6 Å². The molecule has 7 nitrogen and oxygen atoms in total. The third-order valence-corrected chi connectivity index (χ3v) is 5.95. The van der Waals surface area contributed by atoms with Gasteiger partial charge in [0.1, 0.15) is 5.82 Å². The first kappa shape index (κ1) is 20.8. The zero-order chi connectivity index (χ0) is 22.6. The number of imidazole rings is 1. The monoisotopic (exact) mass is 458 g/mol. The molecule has 0 saturated heterocycles. The number of anilines is 1. The highest BCUT2D eigenvalue weighted by atomic mass is 32.1. The van der Waals surface area contributed by atoms with E-state index < -0.39 is 0 Å². The highest BCUT2D eigenvalue weighted by molar-refractivity contribution is 7.18. The fourth-order valence-electron chi connectivity index (χ4n) is 3.38. The highest BCUT2D eigenvalue weighted by Crippen LogP contribution is 2.30. The maximum Gasteiger partial charge on any atom is 0.272 e. The van der Waals surface area contributed by atoms with Gasteiger partial charge in [-0.25, -0.2) is 14.4 Å². The maximum atomic E-state index is 13.1. The molecule has 9 heteroatoms. The van der Waals surface area contributed by atoms with Gasteiger partial charge < -0.3 is 10.6 Å². The molecule has 0 bridgehead atoms. The van der Waals surface area contributed by atoms with Crippen LogP contribution >= 0.6 is 11.3 Å². The quantitative estimate of drug-likeness (QED) is 0.374. The summed E-state index contributed by atoms with van der Waals surface area (Å²) in [5, 5.41) is 6.88. The summed E-state index contributed by atoms with van der Waals surface area (Å²) in [5.74, 6) is 0.0291. The number of pyridine rings is 2. The van der Waals surface area contributed by atoms with Crippen molar-refractivity contribution >= 4 is 27.9 Å². The second-order valence-corrected chi connectivity index (χ2v) is 8.28. The molecule has 0 radical (unpaired) electrons. The molecule has 0 fully saturated rings. The Morgan fingerprint density at radius 2 is 1.85 bits per heavy atom. The molecule has 0 saturated carbocycles.